The van der Waals surface area contributed by atoms with Gasteiger partial charge in [-0.1, -0.05) is 66.1 Å². The molecule has 0 atom stereocenters. The first kappa shape index (κ1) is 28.4. The molecular weight excluding hydrogens is 466 g/mol. The Hall–Kier alpha value is -1.83. The van der Waals surface area contributed by atoms with E-state index in [9.17, 15) is 4.79 Å². The summed E-state index contributed by atoms with van der Waals surface area (Å²) in [4.78, 5) is 11.9. The van der Waals surface area contributed by atoms with Gasteiger partial charge < -0.3 is 19.9 Å². The van der Waals surface area contributed by atoms with E-state index in [2.05, 4.69) is 38.1 Å². The van der Waals surface area contributed by atoms with Crippen LogP contribution in [0.25, 0.3) is 0 Å². The third kappa shape index (κ3) is 10.2. The lowest BCUT2D eigenvalue weighted by Gasteiger charge is -2.26. The van der Waals surface area contributed by atoms with Crippen molar-refractivity contribution in [2.45, 2.75) is 51.9 Å². The first-order valence-corrected chi connectivity index (χ1v) is 14.5. The molecule has 7 heteroatoms. The highest BCUT2D eigenvalue weighted by Crippen LogP contribution is 2.33. The van der Waals surface area contributed by atoms with Gasteiger partial charge in [0.05, 0.1) is 6.61 Å². The predicted molar refractivity (Wildman–Crippen MR) is 145 cm³/mol. The van der Waals surface area contributed by atoms with Gasteiger partial charge in [-0.3, -0.25) is 4.79 Å². The Balaban J connectivity index is 1.65. The molecule has 0 bridgehead atoms. The van der Waals surface area contributed by atoms with E-state index in [0.29, 0.717) is 19.6 Å². The Bertz CT molecular complexity index is 826. The van der Waals surface area contributed by atoms with Gasteiger partial charge in [-0.25, -0.2) is 0 Å². The van der Waals surface area contributed by atoms with Crippen molar-refractivity contribution in [1.29, 1.82) is 0 Å². The van der Waals surface area contributed by atoms with Gasteiger partial charge in [0, 0.05) is 29.9 Å². The number of benzene rings is 2. The fraction of sp³-hybridized carbons (Fsp3) is 0.519. The Morgan fingerprint density at radius 3 is 2.00 bits per heavy atom. The predicted octanol–water partition coefficient (Wildman–Crippen LogP) is 6.23. The fourth-order valence-electron chi connectivity index (χ4n) is 3.43. The normalized spacial score (nSPS) is 11.3. The summed E-state index contributed by atoms with van der Waals surface area (Å²) in [5.74, 6) is 3.60. The van der Waals surface area contributed by atoms with Gasteiger partial charge in [-0.2, -0.15) is 0 Å². The lowest BCUT2D eigenvalue weighted by atomic mass is 9.78. The number of ether oxygens (including phenoxy) is 3. The SMILES string of the molecule is CCOc1ccc(C(C)(C)c2ccc(OCCOC(=O)CCCCCSSCCN)cc2)cc1. The average molecular weight is 506 g/mol. The number of nitrogens with two attached hydrogens (primary N) is 1. The van der Waals surface area contributed by atoms with Crippen LogP contribution in [-0.4, -0.2) is 43.8 Å². The fourth-order valence-corrected chi connectivity index (χ4v) is 5.43. The zero-order valence-electron chi connectivity index (χ0n) is 20.7. The minimum atomic E-state index is -0.152. The molecule has 0 aliphatic rings. The molecular formula is C27H39NO4S2. The van der Waals surface area contributed by atoms with Crippen molar-refractivity contribution >= 4 is 27.6 Å². The third-order valence-electron chi connectivity index (χ3n) is 5.47. The molecule has 2 aromatic carbocycles. The summed E-state index contributed by atoms with van der Waals surface area (Å²) in [6.07, 6.45) is 3.49. The molecule has 2 N–H and O–H groups in total. The van der Waals surface area contributed by atoms with Gasteiger partial charge in [-0.05, 0) is 55.2 Å². The molecule has 0 radical (unpaired) electrons. The van der Waals surface area contributed by atoms with Crippen molar-refractivity contribution in [3.63, 3.8) is 0 Å². The number of carbonyl (C=O) groups is 1. The van der Waals surface area contributed by atoms with Gasteiger partial charge in [0.2, 0.25) is 0 Å². The van der Waals surface area contributed by atoms with E-state index >= 15 is 0 Å². The van der Waals surface area contributed by atoms with E-state index in [-0.39, 0.29) is 18.0 Å². The summed E-state index contributed by atoms with van der Waals surface area (Å²) >= 11 is 0. The second-order valence-electron chi connectivity index (χ2n) is 8.42. The lowest BCUT2D eigenvalue weighted by Crippen LogP contribution is -2.18. The lowest BCUT2D eigenvalue weighted by molar-refractivity contribution is -0.144. The van der Waals surface area contributed by atoms with E-state index in [1.165, 1.54) is 11.1 Å². The summed E-state index contributed by atoms with van der Waals surface area (Å²) in [7, 11) is 3.67. The van der Waals surface area contributed by atoms with E-state index in [4.69, 9.17) is 19.9 Å². The van der Waals surface area contributed by atoms with Gasteiger partial charge in [0.15, 0.2) is 0 Å². The Morgan fingerprint density at radius 2 is 1.41 bits per heavy atom. The van der Waals surface area contributed by atoms with E-state index < -0.39 is 0 Å². The highest BCUT2D eigenvalue weighted by atomic mass is 33.1. The monoisotopic (exact) mass is 505 g/mol. The van der Waals surface area contributed by atoms with Crippen molar-refractivity contribution in [2.75, 3.05) is 37.9 Å². The van der Waals surface area contributed by atoms with Crippen LogP contribution in [0.5, 0.6) is 11.5 Å². The standard InChI is InChI=1S/C27H39NO4S2/c1-4-30-24-13-9-22(10-14-24)27(2,3)23-11-15-25(16-12-23)31-18-19-32-26(29)8-6-5-7-20-33-34-21-17-28/h9-16H,4-8,17-21,28H2,1-3H3. The first-order valence-electron chi connectivity index (χ1n) is 12.0. The molecule has 0 spiro atoms. The maximum atomic E-state index is 11.9. The smallest absolute Gasteiger partial charge is 0.305 e. The summed E-state index contributed by atoms with van der Waals surface area (Å²) in [6.45, 7) is 8.40. The van der Waals surface area contributed by atoms with Crippen LogP contribution in [0.15, 0.2) is 48.5 Å². The molecule has 0 saturated carbocycles. The number of hydrogen-bond acceptors (Lipinski definition) is 7. The summed E-state index contributed by atoms with van der Waals surface area (Å²) < 4.78 is 16.6. The Labute approximate surface area is 212 Å². The highest BCUT2D eigenvalue weighted by Gasteiger charge is 2.23. The van der Waals surface area contributed by atoms with E-state index in [0.717, 1.165) is 48.8 Å². The molecule has 0 aliphatic heterocycles. The zero-order chi connectivity index (χ0) is 24.7. The maximum absolute atomic E-state index is 11.9. The van der Waals surface area contributed by atoms with Crippen LogP contribution >= 0.6 is 21.6 Å². The summed E-state index contributed by atoms with van der Waals surface area (Å²) in [5.41, 5.74) is 7.75. The van der Waals surface area contributed by atoms with Crippen molar-refractivity contribution in [2.24, 2.45) is 5.73 Å². The topological polar surface area (TPSA) is 70.8 Å². The molecule has 0 heterocycles. The van der Waals surface area contributed by atoms with Gasteiger partial charge >= 0.3 is 5.97 Å². The molecule has 188 valence electrons. The molecule has 0 aromatic heterocycles. The number of esters is 1. The number of carbonyl (C=O) groups excluding carboxylic acids is 1. The van der Waals surface area contributed by atoms with Crippen LogP contribution in [0.4, 0.5) is 0 Å². The molecule has 0 amide bonds. The summed E-state index contributed by atoms with van der Waals surface area (Å²) in [6, 6.07) is 16.4. The number of unbranched alkanes of at least 4 members (excludes halogenated alkanes) is 2. The quantitative estimate of drug-likeness (QED) is 0.155. The molecule has 0 unspecified atom stereocenters. The van der Waals surface area contributed by atoms with Crippen LogP contribution in [0.3, 0.4) is 0 Å². The van der Waals surface area contributed by atoms with Gasteiger partial charge in [0.25, 0.3) is 0 Å². The number of rotatable bonds is 17. The zero-order valence-corrected chi connectivity index (χ0v) is 22.3. The molecule has 0 fully saturated rings. The number of hydrogen-bond donors (Lipinski definition) is 1. The first-order chi connectivity index (χ1) is 16.5. The van der Waals surface area contributed by atoms with Crippen LogP contribution < -0.4 is 15.2 Å². The van der Waals surface area contributed by atoms with Crippen LogP contribution in [0.2, 0.25) is 0 Å². The maximum Gasteiger partial charge on any atom is 0.305 e. The van der Waals surface area contributed by atoms with Crippen molar-refractivity contribution in [1.82, 2.24) is 0 Å². The van der Waals surface area contributed by atoms with Gasteiger partial charge in [0.1, 0.15) is 24.7 Å². The Morgan fingerprint density at radius 1 is 0.824 bits per heavy atom. The van der Waals surface area contributed by atoms with E-state index in [1.807, 2.05) is 52.8 Å². The second-order valence-corrected chi connectivity index (χ2v) is 11.1. The van der Waals surface area contributed by atoms with Crippen molar-refractivity contribution in [3.8, 4) is 11.5 Å². The average Bonchev–Trinajstić information content (AvgIpc) is 2.84. The Kier molecular flexibility index (Phi) is 13.3. The van der Waals surface area contributed by atoms with Crippen molar-refractivity contribution in [3.05, 3.63) is 59.7 Å². The minimum absolute atomic E-state index is 0.138. The van der Waals surface area contributed by atoms with Gasteiger partial charge in [-0.15, -0.1) is 0 Å². The molecule has 0 aliphatic carbocycles. The van der Waals surface area contributed by atoms with Crippen LogP contribution in [0, 0.1) is 0 Å². The molecule has 5 nitrogen and oxygen atoms in total. The highest BCUT2D eigenvalue weighted by molar-refractivity contribution is 8.76. The van der Waals surface area contributed by atoms with Crippen LogP contribution in [0.1, 0.15) is 57.6 Å². The molecule has 0 saturated heterocycles. The van der Waals surface area contributed by atoms with E-state index in [1.54, 1.807) is 0 Å². The van der Waals surface area contributed by atoms with Crippen LogP contribution in [-0.2, 0) is 14.9 Å². The second kappa shape index (κ2) is 16.0. The third-order valence-corrected chi connectivity index (χ3v) is 8.00. The summed E-state index contributed by atoms with van der Waals surface area (Å²) in [5, 5.41) is 0. The largest absolute Gasteiger partial charge is 0.494 e. The minimum Gasteiger partial charge on any atom is -0.494 e. The van der Waals surface area contributed by atoms with Crippen molar-refractivity contribution < 1.29 is 19.0 Å². The molecule has 2 aromatic rings. The molecule has 34 heavy (non-hydrogen) atoms. The molecule has 2 rings (SSSR count).